The van der Waals surface area contributed by atoms with Crippen molar-refractivity contribution in [3.8, 4) is 0 Å². The number of fused-ring (bicyclic) bond motifs is 1. The fourth-order valence-corrected chi connectivity index (χ4v) is 2.93. The fraction of sp³-hybridized carbons (Fsp3) is 0.333. The van der Waals surface area contributed by atoms with Gasteiger partial charge in [0.15, 0.2) is 0 Å². The molecule has 0 saturated heterocycles. The maximum Gasteiger partial charge on any atom is 0.0400 e. The summed E-state index contributed by atoms with van der Waals surface area (Å²) in [6, 6.07) is 17.4. The van der Waals surface area contributed by atoms with Gasteiger partial charge in [-0.1, -0.05) is 42.5 Å². The van der Waals surface area contributed by atoms with E-state index in [1.807, 2.05) is 0 Å². The summed E-state index contributed by atoms with van der Waals surface area (Å²) in [6.07, 6.45) is 2.24. The van der Waals surface area contributed by atoms with Crippen LogP contribution >= 0.6 is 0 Å². The van der Waals surface area contributed by atoms with Crippen molar-refractivity contribution in [1.29, 1.82) is 0 Å². The van der Waals surface area contributed by atoms with Crippen molar-refractivity contribution in [2.45, 2.75) is 19.4 Å². The number of benzene rings is 2. The van der Waals surface area contributed by atoms with Crippen molar-refractivity contribution in [3.63, 3.8) is 0 Å². The van der Waals surface area contributed by atoms with E-state index in [1.165, 1.54) is 22.4 Å². The molecule has 1 N–H and O–H groups in total. The highest BCUT2D eigenvalue weighted by atomic mass is 15.1. The molecule has 1 heterocycles. The Bertz CT molecular complexity index is 563. The van der Waals surface area contributed by atoms with Crippen LogP contribution in [-0.4, -0.2) is 20.1 Å². The van der Waals surface area contributed by atoms with Crippen LogP contribution in [0.2, 0.25) is 0 Å². The van der Waals surface area contributed by atoms with Crippen LogP contribution < -0.4 is 10.2 Å². The first kappa shape index (κ1) is 13.2. The number of hydrogen-bond acceptors (Lipinski definition) is 2. The Morgan fingerprint density at radius 3 is 2.75 bits per heavy atom. The zero-order valence-corrected chi connectivity index (χ0v) is 12.1. The summed E-state index contributed by atoms with van der Waals surface area (Å²) in [7, 11) is 2.21. The predicted octanol–water partition coefficient (Wildman–Crippen LogP) is 3.01. The standard InChI is InChI=1S/C18H22N2/c1-20(13-11-15-6-3-2-4-7-15)18-9-5-8-16-14-19-12-10-17(16)18/h2-9,19H,10-14H2,1H3. The largest absolute Gasteiger partial charge is 0.374 e. The van der Waals surface area contributed by atoms with E-state index < -0.39 is 0 Å². The molecule has 20 heavy (non-hydrogen) atoms. The van der Waals surface area contributed by atoms with E-state index in [4.69, 9.17) is 0 Å². The molecule has 0 amide bonds. The molecule has 0 aliphatic carbocycles. The molecule has 1 aliphatic rings. The number of nitrogens with zero attached hydrogens (tertiary/aromatic N) is 1. The summed E-state index contributed by atoms with van der Waals surface area (Å²) in [5.74, 6) is 0. The first-order valence-corrected chi connectivity index (χ1v) is 7.41. The fourth-order valence-electron chi connectivity index (χ4n) is 2.93. The van der Waals surface area contributed by atoms with Crippen LogP contribution in [0, 0.1) is 0 Å². The number of anilines is 1. The predicted molar refractivity (Wildman–Crippen MR) is 85.3 cm³/mol. The van der Waals surface area contributed by atoms with Gasteiger partial charge in [-0.05, 0) is 42.1 Å². The molecule has 0 fully saturated rings. The summed E-state index contributed by atoms with van der Waals surface area (Å²) >= 11 is 0. The lowest BCUT2D eigenvalue weighted by atomic mass is 9.98. The van der Waals surface area contributed by atoms with Crippen molar-refractivity contribution in [1.82, 2.24) is 5.32 Å². The Hall–Kier alpha value is -1.80. The van der Waals surface area contributed by atoms with Gasteiger partial charge in [0.1, 0.15) is 0 Å². The minimum absolute atomic E-state index is 1.01. The third-order valence-corrected chi connectivity index (χ3v) is 4.11. The van der Waals surface area contributed by atoms with Crippen molar-refractivity contribution in [2.75, 3.05) is 25.0 Å². The van der Waals surface area contributed by atoms with Gasteiger partial charge in [0.05, 0.1) is 0 Å². The Labute approximate surface area is 121 Å². The second-order valence-corrected chi connectivity index (χ2v) is 5.50. The molecule has 0 radical (unpaired) electrons. The molecule has 0 atom stereocenters. The highest BCUT2D eigenvalue weighted by molar-refractivity contribution is 5.57. The SMILES string of the molecule is CN(CCc1ccccc1)c1cccc2c1CCNC2. The van der Waals surface area contributed by atoms with Crippen LogP contribution in [0.1, 0.15) is 16.7 Å². The van der Waals surface area contributed by atoms with Crippen LogP contribution in [0.15, 0.2) is 48.5 Å². The van der Waals surface area contributed by atoms with E-state index in [0.717, 1.165) is 32.5 Å². The quantitative estimate of drug-likeness (QED) is 0.915. The molecule has 3 rings (SSSR count). The average molecular weight is 266 g/mol. The summed E-state index contributed by atoms with van der Waals surface area (Å²) in [5.41, 5.74) is 5.80. The topological polar surface area (TPSA) is 15.3 Å². The molecule has 0 spiro atoms. The van der Waals surface area contributed by atoms with Crippen molar-refractivity contribution < 1.29 is 0 Å². The lowest BCUT2D eigenvalue weighted by molar-refractivity contribution is 0.642. The van der Waals surface area contributed by atoms with Gasteiger partial charge in [-0.15, -0.1) is 0 Å². The summed E-state index contributed by atoms with van der Waals surface area (Å²) < 4.78 is 0. The molecule has 2 aromatic rings. The highest BCUT2D eigenvalue weighted by Gasteiger charge is 2.14. The van der Waals surface area contributed by atoms with Gasteiger partial charge < -0.3 is 10.2 Å². The van der Waals surface area contributed by atoms with Gasteiger partial charge in [-0.25, -0.2) is 0 Å². The Morgan fingerprint density at radius 1 is 1.05 bits per heavy atom. The maximum absolute atomic E-state index is 3.45. The van der Waals surface area contributed by atoms with Crippen LogP contribution in [0.4, 0.5) is 5.69 Å². The summed E-state index contributed by atoms with van der Waals surface area (Å²) in [5, 5.41) is 3.45. The van der Waals surface area contributed by atoms with Crippen LogP contribution in [0.5, 0.6) is 0 Å². The molecule has 0 unspecified atom stereocenters. The molecule has 0 saturated carbocycles. The van der Waals surface area contributed by atoms with Crippen molar-refractivity contribution in [2.24, 2.45) is 0 Å². The van der Waals surface area contributed by atoms with Gasteiger partial charge in [-0.3, -0.25) is 0 Å². The molecular weight excluding hydrogens is 244 g/mol. The van der Waals surface area contributed by atoms with Gasteiger partial charge in [0.25, 0.3) is 0 Å². The third-order valence-electron chi connectivity index (χ3n) is 4.11. The Morgan fingerprint density at radius 2 is 1.90 bits per heavy atom. The van der Waals surface area contributed by atoms with E-state index >= 15 is 0 Å². The minimum atomic E-state index is 1.01. The minimum Gasteiger partial charge on any atom is -0.374 e. The average Bonchev–Trinajstić information content (AvgIpc) is 2.53. The van der Waals surface area contributed by atoms with E-state index in [-0.39, 0.29) is 0 Å². The lowest BCUT2D eigenvalue weighted by Crippen LogP contribution is -2.28. The van der Waals surface area contributed by atoms with Gasteiger partial charge in [0, 0.05) is 25.8 Å². The number of likely N-dealkylation sites (N-methyl/N-ethyl adjacent to an activating group) is 1. The van der Waals surface area contributed by atoms with Crippen LogP contribution in [0.3, 0.4) is 0 Å². The number of rotatable bonds is 4. The summed E-state index contributed by atoms with van der Waals surface area (Å²) in [6.45, 7) is 3.17. The van der Waals surface area contributed by atoms with Crippen LogP contribution in [0.25, 0.3) is 0 Å². The zero-order valence-electron chi connectivity index (χ0n) is 12.1. The van der Waals surface area contributed by atoms with Gasteiger partial charge >= 0.3 is 0 Å². The first-order chi connectivity index (χ1) is 9.84. The summed E-state index contributed by atoms with van der Waals surface area (Å²) in [4.78, 5) is 2.40. The molecule has 2 aromatic carbocycles. The molecule has 2 nitrogen and oxygen atoms in total. The number of nitrogens with one attached hydrogen (secondary N) is 1. The molecular formula is C18H22N2. The third kappa shape index (κ3) is 2.86. The molecule has 1 aliphatic heterocycles. The molecule has 0 aromatic heterocycles. The number of hydrogen-bond donors (Lipinski definition) is 1. The maximum atomic E-state index is 3.45. The Kier molecular flexibility index (Phi) is 4.03. The first-order valence-electron chi connectivity index (χ1n) is 7.41. The van der Waals surface area contributed by atoms with E-state index in [9.17, 15) is 0 Å². The highest BCUT2D eigenvalue weighted by Crippen LogP contribution is 2.25. The van der Waals surface area contributed by atoms with Gasteiger partial charge in [-0.2, -0.15) is 0 Å². The molecule has 0 bridgehead atoms. The lowest BCUT2D eigenvalue weighted by Gasteiger charge is -2.27. The van der Waals surface area contributed by atoms with E-state index in [0.29, 0.717) is 0 Å². The second kappa shape index (κ2) is 6.10. The van der Waals surface area contributed by atoms with Crippen molar-refractivity contribution in [3.05, 3.63) is 65.2 Å². The second-order valence-electron chi connectivity index (χ2n) is 5.50. The molecule has 104 valence electrons. The van der Waals surface area contributed by atoms with E-state index in [1.54, 1.807) is 0 Å². The zero-order chi connectivity index (χ0) is 13.8. The Balaban J connectivity index is 1.72. The van der Waals surface area contributed by atoms with Crippen molar-refractivity contribution >= 4 is 5.69 Å². The smallest absolute Gasteiger partial charge is 0.0400 e. The monoisotopic (exact) mass is 266 g/mol. The molecule has 2 heteroatoms. The van der Waals surface area contributed by atoms with E-state index in [2.05, 4.69) is 65.8 Å². The van der Waals surface area contributed by atoms with Crippen LogP contribution in [-0.2, 0) is 19.4 Å². The van der Waals surface area contributed by atoms with Gasteiger partial charge in [0.2, 0.25) is 0 Å². The normalized spacial score (nSPS) is 13.8.